The zero-order valence-electron chi connectivity index (χ0n) is 18.1. The molecule has 2 saturated heterocycles. The highest BCUT2D eigenvalue weighted by Crippen LogP contribution is 2.37. The average molecular weight is 413 g/mol. The minimum absolute atomic E-state index is 0.0471. The Balaban J connectivity index is 1.41. The lowest BCUT2D eigenvalue weighted by atomic mass is 9.83. The number of amides is 2. The van der Waals surface area contributed by atoms with Gasteiger partial charge in [-0.3, -0.25) is 0 Å². The van der Waals surface area contributed by atoms with Crippen LogP contribution in [0, 0.1) is 0 Å². The van der Waals surface area contributed by atoms with E-state index in [0.717, 1.165) is 41.7 Å². The molecule has 0 aliphatic carbocycles. The largest absolute Gasteiger partial charge is 0.323 e. The lowest BCUT2D eigenvalue weighted by Gasteiger charge is -2.32. The molecule has 2 aliphatic rings. The Hall–Kier alpha value is -3.11. The van der Waals surface area contributed by atoms with E-state index in [9.17, 15) is 4.79 Å². The Morgan fingerprint density at radius 3 is 2.03 bits per heavy atom. The van der Waals surface area contributed by atoms with Gasteiger partial charge in [0.25, 0.3) is 0 Å². The van der Waals surface area contributed by atoms with Crippen LogP contribution in [0.1, 0.15) is 23.1 Å². The summed E-state index contributed by atoms with van der Waals surface area (Å²) in [5.41, 5.74) is 3.12. The molecule has 0 aromatic heterocycles. The third-order valence-corrected chi connectivity index (χ3v) is 7.02. The summed E-state index contributed by atoms with van der Waals surface area (Å²) < 4.78 is 0.974. The molecule has 0 bridgehead atoms. The van der Waals surface area contributed by atoms with Gasteiger partial charge in [0.2, 0.25) is 0 Å². The first-order valence-electron chi connectivity index (χ1n) is 11.2. The highest BCUT2D eigenvalue weighted by Gasteiger charge is 2.50. The fourth-order valence-corrected chi connectivity index (χ4v) is 5.43. The van der Waals surface area contributed by atoms with Crippen molar-refractivity contribution < 1.29 is 9.28 Å². The summed E-state index contributed by atoms with van der Waals surface area (Å²) in [6.07, 6.45) is 1.04. The van der Waals surface area contributed by atoms with Crippen LogP contribution in [0.15, 0.2) is 91.0 Å². The highest BCUT2D eigenvalue weighted by molar-refractivity contribution is 5.80. The summed E-state index contributed by atoms with van der Waals surface area (Å²) >= 11 is 0. The van der Waals surface area contributed by atoms with Crippen molar-refractivity contribution in [1.82, 2.24) is 10.2 Å². The number of likely N-dealkylation sites (tertiary alicyclic amines) is 1. The van der Waals surface area contributed by atoms with Crippen LogP contribution in [-0.2, 0) is 12.1 Å². The van der Waals surface area contributed by atoms with Crippen LogP contribution < -0.4 is 5.32 Å². The first kappa shape index (κ1) is 19.8. The number of hydrogen-bond acceptors (Lipinski definition) is 1. The van der Waals surface area contributed by atoms with E-state index < -0.39 is 5.54 Å². The molecule has 5 rings (SSSR count). The maximum absolute atomic E-state index is 13.3. The number of nitrogens with one attached hydrogen (secondary N) is 1. The molecule has 0 saturated carbocycles. The van der Waals surface area contributed by atoms with Gasteiger partial charge >= 0.3 is 6.03 Å². The lowest BCUT2D eigenvalue weighted by Crippen LogP contribution is -2.46. The predicted molar refractivity (Wildman–Crippen MR) is 123 cm³/mol. The Morgan fingerprint density at radius 2 is 1.45 bits per heavy atom. The molecule has 2 atom stereocenters. The van der Waals surface area contributed by atoms with Gasteiger partial charge in [-0.2, -0.15) is 0 Å². The third kappa shape index (κ3) is 3.72. The van der Waals surface area contributed by atoms with Gasteiger partial charge in [-0.1, -0.05) is 91.0 Å². The Kier molecular flexibility index (Phi) is 5.03. The van der Waals surface area contributed by atoms with Crippen LogP contribution in [0.5, 0.6) is 0 Å². The number of rotatable bonds is 5. The van der Waals surface area contributed by atoms with Crippen LogP contribution in [-0.4, -0.2) is 48.1 Å². The number of benzene rings is 3. The van der Waals surface area contributed by atoms with Crippen LogP contribution in [0.25, 0.3) is 0 Å². The van der Waals surface area contributed by atoms with Gasteiger partial charge in [0.1, 0.15) is 12.1 Å². The fraction of sp³-hybridized carbons (Fsp3) is 0.296. The second-order valence-electron chi connectivity index (χ2n) is 9.31. The minimum Gasteiger partial charge on any atom is -0.323 e. The van der Waals surface area contributed by atoms with Crippen molar-refractivity contribution in [3.8, 4) is 0 Å². The number of quaternary nitrogens is 1. The molecule has 4 heteroatoms. The topological polar surface area (TPSA) is 32.3 Å². The van der Waals surface area contributed by atoms with Crippen LogP contribution in [0.4, 0.5) is 4.79 Å². The molecular weight excluding hydrogens is 382 g/mol. The average Bonchev–Trinajstić information content (AvgIpc) is 3.36. The number of carbonyl (C=O) groups is 1. The van der Waals surface area contributed by atoms with Crippen LogP contribution in [0.2, 0.25) is 0 Å². The van der Waals surface area contributed by atoms with Crippen molar-refractivity contribution in [3.05, 3.63) is 108 Å². The van der Waals surface area contributed by atoms with E-state index in [4.69, 9.17) is 0 Å². The molecule has 3 aromatic rings. The third-order valence-electron chi connectivity index (χ3n) is 7.02. The maximum atomic E-state index is 13.3. The van der Waals surface area contributed by atoms with Crippen LogP contribution in [0.3, 0.4) is 0 Å². The lowest BCUT2D eigenvalue weighted by molar-refractivity contribution is -0.911. The highest BCUT2D eigenvalue weighted by atomic mass is 16.2. The van der Waals surface area contributed by atoms with Gasteiger partial charge < -0.3 is 14.7 Å². The molecule has 158 valence electrons. The zero-order valence-corrected chi connectivity index (χ0v) is 18.1. The smallest absolute Gasteiger partial charge is 0.319 e. The maximum Gasteiger partial charge on any atom is 0.319 e. The number of carbonyl (C=O) groups excluding carboxylic acids is 1. The summed E-state index contributed by atoms with van der Waals surface area (Å²) in [4.78, 5) is 15.4. The van der Waals surface area contributed by atoms with E-state index in [1.54, 1.807) is 0 Å². The molecule has 2 amide bonds. The number of nitrogens with zero attached hydrogens (tertiary/aromatic N) is 2. The Morgan fingerprint density at radius 1 is 0.903 bits per heavy atom. The first-order valence-corrected chi connectivity index (χ1v) is 11.2. The van der Waals surface area contributed by atoms with Crippen molar-refractivity contribution >= 4 is 6.03 Å². The van der Waals surface area contributed by atoms with Crippen molar-refractivity contribution in [2.75, 3.05) is 26.7 Å². The van der Waals surface area contributed by atoms with Crippen molar-refractivity contribution in [2.45, 2.75) is 24.5 Å². The minimum atomic E-state index is -0.509. The standard InChI is InChI=1S/C27H29N3O/c1-30(19-22-11-5-2-6-12-22)18-17-25(20-30)29-21-27(28-26(29)31,23-13-7-3-8-14-23)24-15-9-4-10-16-24/h2-16,25H,17-21H2,1H3/p+1/t25-,30?/m0/s1. The van der Waals surface area contributed by atoms with E-state index in [1.165, 1.54) is 5.56 Å². The molecule has 2 heterocycles. The number of urea groups is 1. The van der Waals surface area contributed by atoms with E-state index in [-0.39, 0.29) is 12.1 Å². The van der Waals surface area contributed by atoms with Gasteiger partial charge in [-0.15, -0.1) is 0 Å². The van der Waals surface area contributed by atoms with Gasteiger partial charge in [0.05, 0.1) is 32.7 Å². The zero-order chi connectivity index (χ0) is 21.3. The molecule has 3 aromatic carbocycles. The molecule has 0 spiro atoms. The van der Waals surface area contributed by atoms with Crippen molar-refractivity contribution in [1.29, 1.82) is 0 Å². The summed E-state index contributed by atoms with van der Waals surface area (Å²) in [5.74, 6) is 0. The van der Waals surface area contributed by atoms with E-state index in [2.05, 4.69) is 96.1 Å². The molecule has 2 aliphatic heterocycles. The Bertz CT molecular complexity index is 998. The van der Waals surface area contributed by atoms with E-state index >= 15 is 0 Å². The normalized spacial score (nSPS) is 24.9. The number of hydrogen-bond donors (Lipinski definition) is 1. The Labute approximate surface area is 184 Å². The molecule has 0 radical (unpaired) electrons. The molecular formula is C27H30N3O+. The van der Waals surface area contributed by atoms with Gasteiger partial charge in [-0.25, -0.2) is 4.79 Å². The second kappa shape index (κ2) is 7.86. The van der Waals surface area contributed by atoms with Crippen molar-refractivity contribution in [3.63, 3.8) is 0 Å². The SMILES string of the molecule is C[N+]1(Cc2ccccc2)CC[C@H](N2CC(c3ccccc3)(c3ccccc3)NC2=O)C1. The van der Waals surface area contributed by atoms with Crippen LogP contribution >= 0.6 is 0 Å². The molecule has 2 fully saturated rings. The molecule has 4 nitrogen and oxygen atoms in total. The van der Waals surface area contributed by atoms with E-state index in [1.807, 2.05) is 12.1 Å². The monoisotopic (exact) mass is 412 g/mol. The summed E-state index contributed by atoms with van der Waals surface area (Å²) in [7, 11) is 2.32. The van der Waals surface area contributed by atoms with Crippen molar-refractivity contribution in [2.24, 2.45) is 0 Å². The second-order valence-corrected chi connectivity index (χ2v) is 9.31. The molecule has 1 unspecified atom stereocenters. The molecule has 31 heavy (non-hydrogen) atoms. The first-order chi connectivity index (χ1) is 15.1. The quantitative estimate of drug-likeness (QED) is 0.620. The molecule has 1 N–H and O–H groups in total. The summed E-state index contributed by atoms with van der Waals surface area (Å²) in [6.45, 7) is 3.75. The summed E-state index contributed by atoms with van der Waals surface area (Å²) in [5, 5.41) is 3.38. The van der Waals surface area contributed by atoms with E-state index in [0.29, 0.717) is 6.54 Å². The number of likely N-dealkylation sites (N-methyl/N-ethyl adjacent to an activating group) is 1. The fourth-order valence-electron chi connectivity index (χ4n) is 5.43. The van der Waals surface area contributed by atoms with Gasteiger partial charge in [0.15, 0.2) is 0 Å². The predicted octanol–water partition coefficient (Wildman–Crippen LogP) is 4.37. The van der Waals surface area contributed by atoms with Gasteiger partial charge in [0, 0.05) is 12.0 Å². The summed E-state index contributed by atoms with van der Waals surface area (Å²) in [6, 6.07) is 31.8. The van der Waals surface area contributed by atoms with Gasteiger partial charge in [-0.05, 0) is 11.1 Å².